The Morgan fingerprint density at radius 1 is 1.15 bits per heavy atom. The van der Waals surface area contributed by atoms with E-state index in [2.05, 4.69) is 39.1 Å². The molecular formula is C15H19N8O14P3S. The van der Waals surface area contributed by atoms with Crippen LogP contribution in [0.15, 0.2) is 18.6 Å². The summed E-state index contributed by atoms with van der Waals surface area (Å²) in [6, 6.07) is 1.46. The third-order valence-corrected chi connectivity index (χ3v) is 9.46. The summed E-state index contributed by atoms with van der Waals surface area (Å²) in [5, 5.41) is 8.71. The van der Waals surface area contributed by atoms with E-state index in [0.29, 0.717) is 0 Å². The van der Waals surface area contributed by atoms with Crippen molar-refractivity contribution < 1.29 is 65.4 Å². The average molecular weight is 660 g/mol. The van der Waals surface area contributed by atoms with E-state index < -0.39 is 66.8 Å². The Bertz CT molecular complexity index is 1660. The molecule has 0 aliphatic carbocycles. The smallest absolute Gasteiger partial charge is 0.369 e. The van der Waals surface area contributed by atoms with Crippen molar-refractivity contribution in [1.29, 1.82) is 0 Å². The first kappa shape index (κ1) is 30.0. The molecule has 22 nitrogen and oxygen atoms in total. The van der Waals surface area contributed by atoms with Gasteiger partial charge < -0.3 is 49.8 Å². The fraction of sp³-hybridized carbons (Fsp3) is 0.400. The number of carbonyl (C=O) groups excluding carboxylic acids is 1. The number of ether oxygens (including phenoxy) is 3. The van der Waals surface area contributed by atoms with Gasteiger partial charge in [-0.05, 0) is 0 Å². The summed E-state index contributed by atoms with van der Waals surface area (Å²) in [7, 11) is -16.9. The Balaban J connectivity index is 1.38. The molecule has 3 aromatic rings. The molecule has 26 heteroatoms. The number of H-pyrrole nitrogens is 2. The van der Waals surface area contributed by atoms with Crippen molar-refractivity contribution in [3.05, 3.63) is 23.2 Å². The van der Waals surface area contributed by atoms with Crippen LogP contribution in [0.25, 0.3) is 11.2 Å². The number of fused-ring (bicyclic) bond motifs is 2. The van der Waals surface area contributed by atoms with Crippen LogP contribution in [-0.2, 0) is 45.8 Å². The molecule has 0 aromatic carbocycles. The lowest BCUT2D eigenvalue weighted by Crippen LogP contribution is -2.34. The van der Waals surface area contributed by atoms with Gasteiger partial charge in [0.1, 0.15) is 35.3 Å². The Morgan fingerprint density at radius 3 is 2.56 bits per heavy atom. The van der Waals surface area contributed by atoms with Crippen LogP contribution < -0.4 is 11.1 Å². The van der Waals surface area contributed by atoms with E-state index in [1.54, 1.807) is 0 Å². The Labute approximate surface area is 231 Å². The van der Waals surface area contributed by atoms with Crippen molar-refractivity contribution in [2.75, 3.05) is 17.7 Å². The number of phosphoric acid groups is 3. The number of amides is 1. The number of hydrogen-bond acceptors (Lipinski definition) is 15. The minimum Gasteiger partial charge on any atom is -0.369 e. The third kappa shape index (κ3) is 6.79. The lowest BCUT2D eigenvalue weighted by Gasteiger charge is -2.22. The highest BCUT2D eigenvalue weighted by Crippen LogP contribution is 2.66. The monoisotopic (exact) mass is 660 g/mol. The minimum atomic E-state index is -5.76. The molecule has 5 rings (SSSR count). The van der Waals surface area contributed by atoms with E-state index in [1.165, 1.54) is 23.2 Å². The summed E-state index contributed by atoms with van der Waals surface area (Å²) < 4.78 is 65.8. The molecule has 2 aliphatic rings. The van der Waals surface area contributed by atoms with Crippen LogP contribution in [0.3, 0.4) is 0 Å². The maximum atomic E-state index is 12.7. The summed E-state index contributed by atoms with van der Waals surface area (Å²) in [4.78, 5) is 60.2. The first-order chi connectivity index (χ1) is 19.1. The number of nitrogen functional groups attached to an aromatic ring is 1. The van der Waals surface area contributed by atoms with E-state index in [1.807, 2.05) is 0 Å². The van der Waals surface area contributed by atoms with Crippen molar-refractivity contribution in [2.45, 2.75) is 30.8 Å². The molecule has 1 amide bonds. The van der Waals surface area contributed by atoms with E-state index in [4.69, 9.17) is 46.5 Å². The van der Waals surface area contributed by atoms with E-state index >= 15 is 0 Å². The van der Waals surface area contributed by atoms with Crippen LogP contribution in [0.4, 0.5) is 11.8 Å². The molecule has 3 aromatic heterocycles. The van der Waals surface area contributed by atoms with Gasteiger partial charge in [-0.3, -0.25) is 19.0 Å². The van der Waals surface area contributed by atoms with E-state index in [9.17, 15) is 28.3 Å². The molecule has 2 saturated heterocycles. The maximum Gasteiger partial charge on any atom is 0.490 e. The topological polar surface area (TPSA) is 318 Å². The number of phosphoric ester groups is 1. The molecule has 5 heterocycles. The lowest BCUT2D eigenvalue weighted by molar-refractivity contribution is -0.166. The number of hydrogen-bond donors (Lipinski definition) is 8. The molecule has 41 heavy (non-hydrogen) atoms. The maximum absolute atomic E-state index is 12.7. The number of aromatic nitrogens is 6. The van der Waals surface area contributed by atoms with Crippen molar-refractivity contribution in [3.8, 4) is 0 Å². The van der Waals surface area contributed by atoms with Gasteiger partial charge in [0.05, 0.1) is 19.1 Å². The molecule has 2 fully saturated rings. The Kier molecular flexibility index (Phi) is 8.04. The van der Waals surface area contributed by atoms with Crippen LogP contribution in [0.2, 0.25) is 0 Å². The Morgan fingerprint density at radius 2 is 1.88 bits per heavy atom. The fourth-order valence-corrected chi connectivity index (χ4v) is 7.23. The number of nitrogens with one attached hydrogen (secondary N) is 3. The fourth-order valence-electron chi connectivity index (χ4n) is 3.95. The van der Waals surface area contributed by atoms with Crippen LogP contribution in [0.5, 0.6) is 0 Å². The molecule has 0 bridgehead atoms. The van der Waals surface area contributed by atoms with Gasteiger partial charge >= 0.3 is 23.5 Å². The number of imidazole rings is 1. The first-order valence-electron chi connectivity index (χ1n) is 10.9. The zero-order valence-electron chi connectivity index (χ0n) is 19.8. The van der Waals surface area contributed by atoms with Gasteiger partial charge in [-0.1, -0.05) is 12.2 Å². The molecule has 0 radical (unpaired) electrons. The average Bonchev–Trinajstić information content (AvgIpc) is 3.59. The van der Waals surface area contributed by atoms with Gasteiger partial charge in [0.15, 0.2) is 16.8 Å². The molecule has 0 spiro atoms. The first-order valence-corrected chi connectivity index (χ1v) is 15.8. The van der Waals surface area contributed by atoms with Crippen molar-refractivity contribution in [2.24, 2.45) is 0 Å². The second kappa shape index (κ2) is 11.0. The van der Waals surface area contributed by atoms with Crippen LogP contribution in [0, 0.1) is 4.64 Å². The highest BCUT2D eigenvalue weighted by atomic mass is 32.1. The van der Waals surface area contributed by atoms with Crippen LogP contribution >= 0.6 is 35.7 Å². The number of nitrogens with two attached hydrogens (primary N) is 1. The minimum absolute atomic E-state index is 0.0524. The summed E-state index contributed by atoms with van der Waals surface area (Å²) >= 11 is 5.17. The highest BCUT2D eigenvalue weighted by molar-refractivity contribution is 7.71. The summed E-state index contributed by atoms with van der Waals surface area (Å²) in [6.07, 6.45) is -3.53. The van der Waals surface area contributed by atoms with Crippen LogP contribution in [-0.4, -0.2) is 86.4 Å². The predicted octanol–water partition coefficient (Wildman–Crippen LogP) is -0.216. The zero-order valence-corrected chi connectivity index (χ0v) is 23.3. The van der Waals surface area contributed by atoms with Crippen molar-refractivity contribution in [3.63, 3.8) is 0 Å². The molecule has 224 valence electrons. The van der Waals surface area contributed by atoms with Gasteiger partial charge in [-0.2, -0.15) is 13.7 Å². The second-order valence-electron chi connectivity index (χ2n) is 8.22. The van der Waals surface area contributed by atoms with Crippen molar-refractivity contribution >= 4 is 64.5 Å². The number of carbonyl (C=O) groups is 1. The molecular weight excluding hydrogens is 641 g/mol. The van der Waals surface area contributed by atoms with Crippen molar-refractivity contribution in [1.82, 2.24) is 29.7 Å². The van der Waals surface area contributed by atoms with Gasteiger partial charge in [0.25, 0.3) is 5.91 Å². The summed E-state index contributed by atoms with van der Waals surface area (Å²) in [6.45, 7) is -0.883. The van der Waals surface area contributed by atoms with E-state index in [-0.39, 0.29) is 27.6 Å². The molecule has 7 unspecified atom stereocenters. The SMILES string of the molecule is Nc1nc(=S)c2ncn(C3OC(COP(=O)(O)OP(=O)(O)OP(=O)(O)O)C4OC(C(=O)Nc5ccn[nH]5)OC43)c2[nH]1. The number of nitrogens with zero attached hydrogens (tertiary/aromatic N) is 4. The molecule has 7 atom stereocenters. The van der Waals surface area contributed by atoms with Gasteiger partial charge in [0, 0.05) is 6.07 Å². The molecule has 9 N–H and O–H groups in total. The van der Waals surface area contributed by atoms with Crippen LogP contribution in [0.1, 0.15) is 6.23 Å². The Hall–Kier alpha value is -2.46. The summed E-state index contributed by atoms with van der Waals surface area (Å²) in [5.41, 5.74) is 6.25. The standard InChI is InChI=1S/C15H19N8O14P3S/c16-15-20-10-7(12(41)21-15)17-4-23(10)13-9-8(34-14(35-9)11(24)19-6-1-2-18-22-6)5(33-13)3-32-39(28,29)37-40(30,31)36-38(25,26)27/h1-2,4-5,8-9,13-14H,3H2,(H,28,29)(H,30,31)(H2,25,26,27)(H3,16,20,21,41)(H2,18,19,22,24). The number of rotatable bonds is 10. The van der Waals surface area contributed by atoms with Gasteiger partial charge in [-0.25, -0.2) is 23.7 Å². The highest BCUT2D eigenvalue weighted by Gasteiger charge is 2.56. The molecule has 0 saturated carbocycles. The molecule has 2 aliphatic heterocycles. The third-order valence-electron chi connectivity index (χ3n) is 5.38. The largest absolute Gasteiger partial charge is 0.490 e. The zero-order chi connectivity index (χ0) is 29.7. The van der Waals surface area contributed by atoms with Gasteiger partial charge in [0.2, 0.25) is 6.29 Å². The van der Waals surface area contributed by atoms with E-state index in [0.717, 1.165) is 0 Å². The van der Waals surface area contributed by atoms with Gasteiger partial charge in [-0.15, -0.1) is 0 Å². The number of anilines is 2. The lowest BCUT2D eigenvalue weighted by atomic mass is 10.1. The number of aromatic amines is 2. The summed E-state index contributed by atoms with van der Waals surface area (Å²) in [5.74, 6) is -0.576. The quantitative estimate of drug-likeness (QED) is 0.103. The normalized spacial score (nSPS) is 27.4. The predicted molar refractivity (Wildman–Crippen MR) is 132 cm³/mol. The second-order valence-corrected chi connectivity index (χ2v) is 13.0.